The third-order valence-corrected chi connectivity index (χ3v) is 3.54. The van der Waals surface area contributed by atoms with Gasteiger partial charge < -0.3 is 4.90 Å². The molecule has 0 bridgehead atoms. The summed E-state index contributed by atoms with van der Waals surface area (Å²) in [6.45, 7) is 6.82. The van der Waals surface area contributed by atoms with Crippen LogP contribution in [-0.2, 0) is 10.3 Å². The van der Waals surface area contributed by atoms with E-state index in [1.54, 1.807) is 6.08 Å². The lowest BCUT2D eigenvalue weighted by atomic mass is 9.91. The summed E-state index contributed by atoms with van der Waals surface area (Å²) in [5, 5.41) is 0. The van der Waals surface area contributed by atoms with E-state index in [0.29, 0.717) is 12.1 Å². The van der Waals surface area contributed by atoms with Crippen molar-refractivity contribution in [2.75, 3.05) is 6.54 Å². The lowest BCUT2D eigenvalue weighted by Crippen LogP contribution is -2.45. The first-order chi connectivity index (χ1) is 9.07. The number of rotatable bonds is 4. The van der Waals surface area contributed by atoms with Crippen molar-refractivity contribution in [3.63, 3.8) is 0 Å². The first-order valence-electron chi connectivity index (χ1n) is 6.58. The molecule has 0 spiro atoms. The zero-order valence-corrected chi connectivity index (χ0v) is 11.7. The number of allylic oxidation sites excluding steroid dienone is 1. The molecule has 1 aromatic carbocycles. The van der Waals surface area contributed by atoms with Crippen LogP contribution in [0.3, 0.4) is 0 Å². The van der Waals surface area contributed by atoms with Crippen LogP contribution in [0.15, 0.2) is 59.9 Å². The Morgan fingerprint density at radius 2 is 1.95 bits per heavy atom. The van der Waals surface area contributed by atoms with E-state index in [4.69, 9.17) is 0 Å². The number of carbonyl (C=O) groups excluding carboxylic acids is 1. The van der Waals surface area contributed by atoms with Crippen LogP contribution in [0.4, 0.5) is 0 Å². The molecule has 0 aromatic heterocycles. The summed E-state index contributed by atoms with van der Waals surface area (Å²) in [6, 6.07) is 10.1. The number of hydrogen-bond acceptors (Lipinski definition) is 1. The summed E-state index contributed by atoms with van der Waals surface area (Å²) in [5.41, 5.74) is 4.42. The highest BCUT2D eigenvalue weighted by molar-refractivity contribution is 5.97. The van der Waals surface area contributed by atoms with Crippen LogP contribution < -0.4 is 0 Å². The number of likely N-dealkylation sites (N-methyl/N-ethyl adjacent to an activating group) is 1. The Morgan fingerprint density at radius 3 is 2.47 bits per heavy atom. The number of nitrogens with zero attached hydrogens (tertiary/aromatic N) is 1. The summed E-state index contributed by atoms with van der Waals surface area (Å²) in [7, 11) is 0. The quantitative estimate of drug-likeness (QED) is 0.753. The van der Waals surface area contributed by atoms with Crippen molar-refractivity contribution in [2.24, 2.45) is 0 Å². The van der Waals surface area contributed by atoms with E-state index < -0.39 is 0 Å². The second-order valence-corrected chi connectivity index (χ2v) is 5.06. The topological polar surface area (TPSA) is 20.3 Å². The Kier molecular flexibility index (Phi) is 3.73. The molecule has 0 saturated carbocycles. The van der Waals surface area contributed by atoms with Crippen molar-refractivity contribution in [1.82, 2.24) is 4.90 Å². The maximum atomic E-state index is 12.6. The van der Waals surface area contributed by atoms with Crippen LogP contribution in [0.1, 0.15) is 26.3 Å². The van der Waals surface area contributed by atoms with E-state index in [9.17, 15) is 4.79 Å². The Labute approximate surface area is 114 Å². The third kappa shape index (κ3) is 2.54. The fourth-order valence-corrected chi connectivity index (χ4v) is 2.40. The molecule has 0 aliphatic heterocycles. The van der Waals surface area contributed by atoms with E-state index >= 15 is 0 Å². The smallest absolute Gasteiger partial charge is 0.262 e. The number of hydrogen-bond donors (Lipinski definition) is 0. The van der Waals surface area contributed by atoms with Gasteiger partial charge in [0.25, 0.3) is 5.91 Å². The number of amides is 1. The van der Waals surface area contributed by atoms with Crippen LogP contribution in [0.2, 0.25) is 0 Å². The molecule has 0 fully saturated rings. The summed E-state index contributed by atoms with van der Waals surface area (Å²) in [6.07, 6.45) is 5.43. The first kappa shape index (κ1) is 13.4. The highest BCUT2D eigenvalue weighted by Gasteiger charge is 2.32. The van der Waals surface area contributed by atoms with Gasteiger partial charge in [0.05, 0.1) is 11.1 Å². The largest absolute Gasteiger partial charge is 0.329 e. The van der Waals surface area contributed by atoms with Crippen molar-refractivity contribution in [2.45, 2.75) is 26.3 Å². The van der Waals surface area contributed by atoms with E-state index in [2.05, 4.69) is 31.7 Å². The van der Waals surface area contributed by atoms with Crippen LogP contribution in [0, 0.1) is 0 Å². The molecule has 0 heterocycles. The molecule has 2 rings (SSSR count). The highest BCUT2D eigenvalue weighted by Crippen LogP contribution is 2.29. The van der Waals surface area contributed by atoms with E-state index in [1.165, 1.54) is 0 Å². The van der Waals surface area contributed by atoms with Gasteiger partial charge in [0.15, 0.2) is 0 Å². The van der Waals surface area contributed by atoms with Crippen LogP contribution >= 0.6 is 0 Å². The predicted molar refractivity (Wildman–Crippen MR) is 77.6 cm³/mol. The summed E-state index contributed by atoms with van der Waals surface area (Å²) in [5.74, 6) is 0.0290. The SMILES string of the molecule is CCN(C(=O)C1=C=CC=C1)C(C)(C)c1ccccc1. The van der Waals surface area contributed by atoms with Crippen LogP contribution in [0.25, 0.3) is 0 Å². The van der Waals surface area contributed by atoms with Gasteiger partial charge in [-0.3, -0.25) is 4.79 Å². The third-order valence-electron chi connectivity index (χ3n) is 3.54. The number of benzene rings is 1. The molecular formula is C17H19NO. The second-order valence-electron chi connectivity index (χ2n) is 5.06. The fraction of sp³-hybridized carbons (Fsp3) is 0.294. The zero-order chi connectivity index (χ0) is 13.9. The standard InChI is InChI=1S/C17H19NO/c1-4-18(16(19)14-10-8-9-11-14)17(2,3)15-12-6-5-7-13-15/h5-10,12-13H,4H2,1-3H3. The van der Waals surface area contributed by atoms with E-state index in [1.807, 2.05) is 42.2 Å². The van der Waals surface area contributed by atoms with Gasteiger partial charge in [-0.05, 0) is 38.5 Å². The zero-order valence-electron chi connectivity index (χ0n) is 11.7. The summed E-state index contributed by atoms with van der Waals surface area (Å²) >= 11 is 0. The van der Waals surface area contributed by atoms with Crippen molar-refractivity contribution in [1.29, 1.82) is 0 Å². The van der Waals surface area contributed by atoms with E-state index in [0.717, 1.165) is 5.56 Å². The number of carbonyl (C=O) groups is 1. The van der Waals surface area contributed by atoms with Gasteiger partial charge in [0.1, 0.15) is 0 Å². The predicted octanol–water partition coefficient (Wildman–Crippen LogP) is 3.42. The molecule has 0 N–H and O–H groups in total. The molecule has 1 amide bonds. The van der Waals surface area contributed by atoms with Crippen molar-refractivity contribution in [3.8, 4) is 0 Å². The molecule has 0 unspecified atom stereocenters. The first-order valence-corrected chi connectivity index (χ1v) is 6.58. The van der Waals surface area contributed by atoms with Crippen molar-refractivity contribution >= 4 is 5.91 Å². The normalized spacial score (nSPS) is 13.5. The van der Waals surface area contributed by atoms with Gasteiger partial charge >= 0.3 is 0 Å². The summed E-state index contributed by atoms with van der Waals surface area (Å²) in [4.78, 5) is 14.4. The lowest BCUT2D eigenvalue weighted by molar-refractivity contribution is -0.132. The van der Waals surface area contributed by atoms with E-state index in [-0.39, 0.29) is 11.4 Å². The van der Waals surface area contributed by atoms with Gasteiger partial charge in [-0.1, -0.05) is 36.4 Å². The summed E-state index contributed by atoms with van der Waals surface area (Å²) < 4.78 is 0. The molecule has 2 nitrogen and oxygen atoms in total. The Bertz CT molecular complexity index is 560. The Morgan fingerprint density at radius 1 is 1.26 bits per heavy atom. The molecule has 98 valence electrons. The van der Waals surface area contributed by atoms with Crippen LogP contribution in [0.5, 0.6) is 0 Å². The van der Waals surface area contributed by atoms with Gasteiger partial charge in [-0.2, -0.15) is 0 Å². The maximum Gasteiger partial charge on any atom is 0.262 e. The highest BCUT2D eigenvalue weighted by atomic mass is 16.2. The minimum atomic E-state index is -0.335. The van der Waals surface area contributed by atoms with Gasteiger partial charge in [0.2, 0.25) is 0 Å². The average molecular weight is 253 g/mol. The fourth-order valence-electron chi connectivity index (χ4n) is 2.40. The molecule has 0 radical (unpaired) electrons. The molecule has 0 saturated heterocycles. The minimum Gasteiger partial charge on any atom is -0.329 e. The molecule has 2 heteroatoms. The average Bonchev–Trinajstić information content (AvgIpc) is 2.94. The lowest BCUT2D eigenvalue weighted by Gasteiger charge is -2.38. The maximum absolute atomic E-state index is 12.6. The van der Waals surface area contributed by atoms with Crippen LogP contribution in [-0.4, -0.2) is 17.4 Å². The minimum absolute atomic E-state index is 0.0290. The molecule has 1 aliphatic carbocycles. The van der Waals surface area contributed by atoms with Crippen molar-refractivity contribution in [3.05, 3.63) is 65.4 Å². The van der Waals surface area contributed by atoms with Gasteiger partial charge in [-0.15, -0.1) is 5.73 Å². The van der Waals surface area contributed by atoms with Gasteiger partial charge in [-0.25, -0.2) is 0 Å². The molecule has 19 heavy (non-hydrogen) atoms. The Hall–Kier alpha value is -2.05. The molecule has 1 aromatic rings. The molecular weight excluding hydrogens is 234 g/mol. The molecule has 0 atom stereocenters. The monoisotopic (exact) mass is 253 g/mol. The second kappa shape index (κ2) is 5.29. The Balaban J connectivity index is 2.34. The van der Waals surface area contributed by atoms with Crippen molar-refractivity contribution < 1.29 is 4.79 Å². The van der Waals surface area contributed by atoms with Gasteiger partial charge in [0, 0.05) is 6.54 Å². The molecule has 1 aliphatic rings.